The molecule has 0 aliphatic carbocycles. The quantitative estimate of drug-likeness (QED) is 0.0438. The van der Waals surface area contributed by atoms with Crippen LogP contribution in [0.2, 0.25) is 0 Å². The van der Waals surface area contributed by atoms with Gasteiger partial charge in [0.05, 0.1) is 0 Å². The van der Waals surface area contributed by atoms with Gasteiger partial charge >= 0.3 is 12.1 Å². The average Bonchev–Trinajstić information content (AvgIpc) is 3.11. The van der Waals surface area contributed by atoms with E-state index in [9.17, 15) is 24.3 Å². The van der Waals surface area contributed by atoms with Gasteiger partial charge in [0.2, 0.25) is 5.91 Å². The maximum absolute atomic E-state index is 14.2. The topological polar surface area (TPSA) is 146 Å². The number of rotatable bonds is 13. The zero-order chi connectivity index (χ0) is 35.8. The third-order valence-corrected chi connectivity index (χ3v) is 10.8. The molecule has 0 spiro atoms. The molecule has 3 aromatic rings. The van der Waals surface area contributed by atoms with Crippen molar-refractivity contribution in [2.24, 2.45) is 0 Å². The molecule has 11 nitrogen and oxygen atoms in total. The van der Waals surface area contributed by atoms with E-state index in [1.165, 1.54) is 28.4 Å². The van der Waals surface area contributed by atoms with Crippen LogP contribution >= 0.6 is 46.1 Å². The van der Waals surface area contributed by atoms with Gasteiger partial charge < -0.3 is 30.5 Å². The second-order valence-electron chi connectivity index (χ2n) is 12.5. The number of esters is 1. The smallest absolute Gasteiger partial charge is 0.408 e. The van der Waals surface area contributed by atoms with Crippen molar-refractivity contribution in [1.82, 2.24) is 15.5 Å². The van der Waals surface area contributed by atoms with E-state index in [1.54, 1.807) is 20.8 Å². The van der Waals surface area contributed by atoms with E-state index in [2.05, 4.69) is 38.5 Å². The summed E-state index contributed by atoms with van der Waals surface area (Å²) in [5.74, 6) is -0.795. The number of ether oxygens (including phenoxy) is 2. The van der Waals surface area contributed by atoms with Gasteiger partial charge in [-0.05, 0) is 61.7 Å². The Morgan fingerprint density at radius 1 is 1.00 bits per heavy atom. The van der Waals surface area contributed by atoms with Gasteiger partial charge in [-0.2, -0.15) is 0 Å². The molecule has 1 saturated heterocycles. The maximum atomic E-state index is 14.2. The number of hydrogen-bond acceptors (Lipinski definition) is 10. The molecule has 3 amide bonds. The van der Waals surface area contributed by atoms with E-state index in [0.717, 1.165) is 27.3 Å². The number of fused-ring (bicyclic) bond motifs is 1. The van der Waals surface area contributed by atoms with Crippen molar-refractivity contribution in [2.45, 2.75) is 55.0 Å². The summed E-state index contributed by atoms with van der Waals surface area (Å²) in [5.41, 5.74) is 2.52. The minimum Gasteiger partial charge on any atom is -0.448 e. The highest BCUT2D eigenvalue weighted by molar-refractivity contribution is 14.1. The molecule has 1 fully saturated rings. The second-order valence-corrected chi connectivity index (χ2v) is 15.5. The Kier molecular flexibility index (Phi) is 12.7. The predicted molar refractivity (Wildman–Crippen MR) is 203 cm³/mol. The molecule has 3 unspecified atom stereocenters. The SMILES string of the molecule is CC(C)(C)OC(=O)NCC(=O)NC1C(=O)N2C(C(=O)OC(c3ccccc3)c3ccccc3)=C(CSc3ccc(NC(O)CI)cc3)CSC12. The number of alkyl carbamates (subject to hydrolysis) is 1. The number of thioether (sulfide) groups is 2. The van der Waals surface area contributed by atoms with Crippen LogP contribution in [-0.2, 0) is 23.9 Å². The standard InChI is InChI=1S/C36H39IN4O7S2/c1-36(2,3)48-35(46)38-19-28(43)40-29-32(44)41-30(34(45)47-31(22-10-6-4-7-11-22)23-12-8-5-9-13-23)24(21-50-33(29)41)20-49-26-16-14-25(15-17-26)39-27(42)18-37/h4-17,27,29,31,33,39,42H,18-21H2,1-3H3,(H,38,46)(H,40,43). The maximum Gasteiger partial charge on any atom is 0.408 e. The number of nitrogens with one attached hydrogen (secondary N) is 3. The molecule has 0 saturated carbocycles. The van der Waals surface area contributed by atoms with E-state index in [-0.39, 0.29) is 12.2 Å². The van der Waals surface area contributed by atoms with Crippen LogP contribution in [0, 0.1) is 0 Å². The van der Waals surface area contributed by atoms with Crippen LogP contribution in [0.5, 0.6) is 0 Å². The third kappa shape index (κ3) is 9.74. The van der Waals surface area contributed by atoms with Crippen molar-refractivity contribution in [3.05, 3.63) is 107 Å². The fraction of sp³-hybridized carbons (Fsp3) is 0.333. The van der Waals surface area contributed by atoms with Crippen LogP contribution in [0.3, 0.4) is 0 Å². The van der Waals surface area contributed by atoms with Gasteiger partial charge in [0.1, 0.15) is 35.5 Å². The molecule has 14 heteroatoms. The minimum atomic E-state index is -0.887. The van der Waals surface area contributed by atoms with Crippen molar-refractivity contribution in [3.63, 3.8) is 0 Å². The van der Waals surface area contributed by atoms with E-state index in [1.807, 2.05) is 84.9 Å². The van der Waals surface area contributed by atoms with Gasteiger partial charge in [0, 0.05) is 26.5 Å². The van der Waals surface area contributed by atoms with E-state index in [4.69, 9.17) is 9.47 Å². The van der Waals surface area contributed by atoms with Gasteiger partial charge in [-0.25, -0.2) is 9.59 Å². The first-order valence-electron chi connectivity index (χ1n) is 15.9. The summed E-state index contributed by atoms with van der Waals surface area (Å²) in [6, 6.07) is 25.6. The van der Waals surface area contributed by atoms with Gasteiger partial charge in [-0.1, -0.05) is 83.3 Å². The van der Waals surface area contributed by atoms with Crippen LogP contribution in [0.4, 0.5) is 10.5 Å². The zero-order valence-electron chi connectivity index (χ0n) is 27.8. The molecule has 3 aromatic carbocycles. The number of amides is 3. The van der Waals surface area contributed by atoms with Crippen molar-refractivity contribution < 1.29 is 33.8 Å². The van der Waals surface area contributed by atoms with Gasteiger partial charge in [0.15, 0.2) is 6.10 Å². The zero-order valence-corrected chi connectivity index (χ0v) is 31.5. The summed E-state index contributed by atoms with van der Waals surface area (Å²) >= 11 is 5.06. The summed E-state index contributed by atoms with van der Waals surface area (Å²) in [6.45, 7) is 4.77. The predicted octanol–water partition coefficient (Wildman–Crippen LogP) is 5.46. The molecule has 2 aliphatic heterocycles. The molecular weight excluding hydrogens is 791 g/mol. The highest BCUT2D eigenvalue weighted by atomic mass is 127. The van der Waals surface area contributed by atoms with Crippen LogP contribution in [0.15, 0.2) is 101 Å². The van der Waals surface area contributed by atoms with E-state index in [0.29, 0.717) is 15.9 Å². The van der Waals surface area contributed by atoms with Crippen molar-refractivity contribution >= 4 is 75.7 Å². The Labute approximate surface area is 313 Å². The molecular formula is C36H39IN4O7S2. The van der Waals surface area contributed by atoms with Crippen LogP contribution in [0.1, 0.15) is 38.0 Å². The van der Waals surface area contributed by atoms with Crippen molar-refractivity contribution in [3.8, 4) is 0 Å². The first-order valence-corrected chi connectivity index (χ1v) is 19.5. The lowest BCUT2D eigenvalue weighted by Gasteiger charge is -2.49. The molecule has 50 heavy (non-hydrogen) atoms. The number of β-lactam (4-membered cyclic amide) rings is 1. The highest BCUT2D eigenvalue weighted by Gasteiger charge is 2.54. The lowest BCUT2D eigenvalue weighted by atomic mass is 10.0. The Bertz CT molecular complexity index is 1670. The third-order valence-electron chi connectivity index (χ3n) is 7.53. The Hall–Kier alpha value is -3.73. The summed E-state index contributed by atoms with van der Waals surface area (Å²) in [4.78, 5) is 55.1. The van der Waals surface area contributed by atoms with Gasteiger partial charge in [-0.15, -0.1) is 23.5 Å². The number of halogens is 1. The summed E-state index contributed by atoms with van der Waals surface area (Å²) < 4.78 is 12.0. The second kappa shape index (κ2) is 17.0. The first kappa shape index (κ1) is 37.5. The molecule has 2 aliphatic rings. The van der Waals surface area contributed by atoms with Crippen molar-refractivity contribution in [1.29, 1.82) is 0 Å². The molecule has 4 N–H and O–H groups in total. The highest BCUT2D eigenvalue weighted by Crippen LogP contribution is 2.43. The van der Waals surface area contributed by atoms with Crippen LogP contribution < -0.4 is 16.0 Å². The number of carbonyl (C=O) groups excluding carboxylic acids is 4. The molecule has 2 heterocycles. The van der Waals surface area contributed by atoms with Crippen LogP contribution in [-0.4, -0.2) is 79.6 Å². The number of nitrogens with zero attached hydrogens (tertiary/aromatic N) is 1. The summed E-state index contributed by atoms with van der Waals surface area (Å²) in [6.07, 6.45) is -2.12. The number of benzene rings is 3. The number of aliphatic hydroxyl groups is 1. The lowest BCUT2D eigenvalue weighted by Crippen LogP contribution is -2.71. The van der Waals surface area contributed by atoms with Crippen LogP contribution in [0.25, 0.3) is 0 Å². The molecule has 3 atom stereocenters. The van der Waals surface area contributed by atoms with Gasteiger partial charge in [-0.3, -0.25) is 14.5 Å². The number of aliphatic hydroxyl groups excluding tert-OH is 1. The van der Waals surface area contributed by atoms with E-state index < -0.39 is 53.2 Å². The molecule has 0 aromatic heterocycles. The minimum absolute atomic E-state index is 0.170. The Morgan fingerprint density at radius 3 is 2.20 bits per heavy atom. The number of alkyl halides is 1. The monoisotopic (exact) mass is 830 g/mol. The average molecular weight is 831 g/mol. The number of hydrogen-bond donors (Lipinski definition) is 4. The van der Waals surface area contributed by atoms with E-state index >= 15 is 0 Å². The Morgan fingerprint density at radius 2 is 1.62 bits per heavy atom. The summed E-state index contributed by atoms with van der Waals surface area (Å²) in [7, 11) is 0. The first-order chi connectivity index (χ1) is 23.9. The molecule has 5 rings (SSSR count). The fourth-order valence-corrected chi connectivity index (χ4v) is 7.87. The summed E-state index contributed by atoms with van der Waals surface area (Å²) in [5, 5.41) is 17.5. The molecule has 0 radical (unpaired) electrons. The molecule has 0 bridgehead atoms. The largest absolute Gasteiger partial charge is 0.448 e. The molecule has 264 valence electrons. The normalized spacial score (nSPS) is 17.7. The fourth-order valence-electron chi connectivity index (χ4n) is 5.27. The number of anilines is 1. The number of carbonyl (C=O) groups is 4. The lowest BCUT2D eigenvalue weighted by molar-refractivity contribution is -0.154. The Balaban J connectivity index is 1.36. The van der Waals surface area contributed by atoms with Gasteiger partial charge in [0.25, 0.3) is 5.91 Å². The van der Waals surface area contributed by atoms with Crippen molar-refractivity contribution in [2.75, 3.05) is 27.8 Å².